The van der Waals surface area contributed by atoms with Crippen molar-refractivity contribution < 1.29 is 4.79 Å². The summed E-state index contributed by atoms with van der Waals surface area (Å²) in [7, 11) is 0. The highest BCUT2D eigenvalue weighted by molar-refractivity contribution is 5.82. The van der Waals surface area contributed by atoms with Crippen LogP contribution < -0.4 is 5.32 Å². The molecule has 17 heavy (non-hydrogen) atoms. The van der Waals surface area contributed by atoms with E-state index in [4.69, 9.17) is 0 Å². The number of benzene rings is 2. The third-order valence-corrected chi connectivity index (χ3v) is 2.79. The SMILES string of the molecule is O=C1CCCNC1.c1ccc2ccccc2c1. The number of fused-ring (bicyclic) bond motifs is 1. The van der Waals surface area contributed by atoms with Crippen molar-refractivity contribution in [2.45, 2.75) is 12.8 Å². The molecule has 0 spiro atoms. The summed E-state index contributed by atoms with van der Waals surface area (Å²) in [5.74, 6) is 0.353. The topological polar surface area (TPSA) is 29.1 Å². The molecule has 3 rings (SSSR count). The van der Waals surface area contributed by atoms with Crippen LogP contribution in [0.5, 0.6) is 0 Å². The molecule has 0 aliphatic carbocycles. The number of nitrogens with one attached hydrogen (secondary N) is 1. The second kappa shape index (κ2) is 6.16. The number of hydrogen-bond donors (Lipinski definition) is 1. The Labute approximate surface area is 102 Å². The van der Waals surface area contributed by atoms with E-state index in [1.54, 1.807) is 0 Å². The normalized spacial score (nSPS) is 15.2. The number of ketones is 1. The van der Waals surface area contributed by atoms with Crippen molar-refractivity contribution in [3.63, 3.8) is 0 Å². The molecular formula is C15H17NO. The van der Waals surface area contributed by atoms with Gasteiger partial charge in [0, 0.05) is 6.42 Å². The minimum absolute atomic E-state index is 0.353. The first-order valence-electron chi connectivity index (χ1n) is 6.02. The molecule has 88 valence electrons. The summed E-state index contributed by atoms with van der Waals surface area (Å²) in [6, 6.07) is 16.7. The van der Waals surface area contributed by atoms with Gasteiger partial charge in [-0.15, -0.1) is 0 Å². The van der Waals surface area contributed by atoms with Crippen LogP contribution >= 0.6 is 0 Å². The molecule has 0 aromatic heterocycles. The van der Waals surface area contributed by atoms with E-state index in [9.17, 15) is 4.79 Å². The van der Waals surface area contributed by atoms with E-state index >= 15 is 0 Å². The summed E-state index contributed by atoms with van der Waals surface area (Å²) < 4.78 is 0. The first kappa shape index (κ1) is 11.8. The van der Waals surface area contributed by atoms with Crippen LogP contribution in [0, 0.1) is 0 Å². The first-order chi connectivity index (χ1) is 8.36. The number of rotatable bonds is 0. The van der Waals surface area contributed by atoms with Crippen LogP contribution in [0.15, 0.2) is 48.5 Å². The van der Waals surface area contributed by atoms with Crippen LogP contribution in [0.4, 0.5) is 0 Å². The molecule has 2 nitrogen and oxygen atoms in total. The van der Waals surface area contributed by atoms with Crippen LogP contribution in [0.1, 0.15) is 12.8 Å². The van der Waals surface area contributed by atoms with Crippen molar-refractivity contribution >= 4 is 16.6 Å². The lowest BCUT2D eigenvalue weighted by Gasteiger charge is -2.08. The Kier molecular flexibility index (Phi) is 4.28. The number of carbonyl (C=O) groups is 1. The van der Waals surface area contributed by atoms with Crippen LogP contribution in [0.3, 0.4) is 0 Å². The fourth-order valence-electron chi connectivity index (χ4n) is 1.86. The maximum Gasteiger partial charge on any atom is 0.146 e. The van der Waals surface area contributed by atoms with Crippen molar-refractivity contribution in [2.75, 3.05) is 13.1 Å². The lowest BCUT2D eigenvalue weighted by atomic mass is 10.1. The summed E-state index contributed by atoms with van der Waals surface area (Å²) in [6.45, 7) is 1.62. The molecule has 2 heteroatoms. The van der Waals surface area contributed by atoms with Crippen molar-refractivity contribution in [3.8, 4) is 0 Å². The van der Waals surface area contributed by atoms with E-state index in [1.807, 2.05) is 0 Å². The van der Waals surface area contributed by atoms with Gasteiger partial charge in [-0.2, -0.15) is 0 Å². The molecule has 0 atom stereocenters. The van der Waals surface area contributed by atoms with Crippen molar-refractivity contribution in [2.24, 2.45) is 0 Å². The maximum atomic E-state index is 10.4. The molecule has 0 saturated carbocycles. The van der Waals surface area contributed by atoms with Crippen LogP contribution in [0.25, 0.3) is 10.8 Å². The number of Topliss-reactive ketones (excluding diaryl/α,β-unsaturated/α-hetero) is 1. The van der Waals surface area contributed by atoms with Gasteiger partial charge in [0.1, 0.15) is 5.78 Å². The van der Waals surface area contributed by atoms with Gasteiger partial charge in [-0.25, -0.2) is 0 Å². The molecule has 0 bridgehead atoms. The Morgan fingerprint density at radius 1 is 0.882 bits per heavy atom. The minimum atomic E-state index is 0.353. The number of piperidine rings is 1. The molecular weight excluding hydrogens is 210 g/mol. The average molecular weight is 227 g/mol. The van der Waals surface area contributed by atoms with Crippen LogP contribution in [0.2, 0.25) is 0 Å². The highest BCUT2D eigenvalue weighted by Crippen LogP contribution is 2.11. The Bertz CT molecular complexity index is 420. The van der Waals surface area contributed by atoms with Gasteiger partial charge in [0.2, 0.25) is 0 Å². The molecule has 0 radical (unpaired) electrons. The van der Waals surface area contributed by atoms with Gasteiger partial charge in [0.05, 0.1) is 6.54 Å². The Morgan fingerprint density at radius 2 is 1.41 bits per heavy atom. The predicted molar refractivity (Wildman–Crippen MR) is 71.1 cm³/mol. The predicted octanol–water partition coefficient (Wildman–Crippen LogP) is 2.78. The quantitative estimate of drug-likeness (QED) is 0.749. The van der Waals surface area contributed by atoms with E-state index in [1.165, 1.54) is 10.8 Å². The zero-order valence-corrected chi connectivity index (χ0v) is 9.86. The maximum absolute atomic E-state index is 10.4. The van der Waals surface area contributed by atoms with E-state index in [0.29, 0.717) is 12.3 Å². The van der Waals surface area contributed by atoms with Crippen molar-refractivity contribution in [1.29, 1.82) is 0 Å². The summed E-state index contributed by atoms with van der Waals surface area (Å²) in [4.78, 5) is 10.4. The fourth-order valence-corrected chi connectivity index (χ4v) is 1.86. The fraction of sp³-hybridized carbons (Fsp3) is 0.267. The molecule has 1 aliphatic heterocycles. The summed E-state index contributed by atoms with van der Waals surface area (Å²) in [5.41, 5.74) is 0. The van der Waals surface area contributed by atoms with Crippen LogP contribution in [-0.2, 0) is 4.79 Å². The highest BCUT2D eigenvalue weighted by Gasteiger charge is 2.04. The molecule has 2 aromatic rings. The second-order valence-corrected chi connectivity index (χ2v) is 4.17. The molecule has 1 fully saturated rings. The average Bonchev–Trinajstić information content (AvgIpc) is 2.41. The molecule has 1 heterocycles. The number of carbonyl (C=O) groups excluding carboxylic acids is 1. The first-order valence-corrected chi connectivity index (χ1v) is 6.02. The lowest BCUT2D eigenvalue weighted by Crippen LogP contribution is -2.29. The Morgan fingerprint density at radius 3 is 1.71 bits per heavy atom. The number of hydrogen-bond acceptors (Lipinski definition) is 2. The highest BCUT2D eigenvalue weighted by atomic mass is 16.1. The van der Waals surface area contributed by atoms with Gasteiger partial charge >= 0.3 is 0 Å². The minimum Gasteiger partial charge on any atom is -0.310 e. The third kappa shape index (κ3) is 3.68. The third-order valence-electron chi connectivity index (χ3n) is 2.79. The molecule has 0 amide bonds. The zero-order valence-electron chi connectivity index (χ0n) is 9.86. The van der Waals surface area contributed by atoms with Gasteiger partial charge in [0.25, 0.3) is 0 Å². The Balaban J connectivity index is 0.000000136. The summed E-state index contributed by atoms with van der Waals surface area (Å²) in [6.07, 6.45) is 1.81. The van der Waals surface area contributed by atoms with E-state index in [-0.39, 0.29) is 0 Å². The standard InChI is InChI=1S/C10H8.C5H9NO/c1-2-6-10-8-4-3-7-9(10)5-1;7-5-2-1-3-6-4-5/h1-8H;6H,1-4H2. The van der Waals surface area contributed by atoms with Gasteiger partial charge in [-0.3, -0.25) is 4.79 Å². The van der Waals surface area contributed by atoms with E-state index < -0.39 is 0 Å². The zero-order chi connectivity index (χ0) is 11.9. The van der Waals surface area contributed by atoms with Crippen molar-refractivity contribution in [1.82, 2.24) is 5.32 Å². The summed E-state index contributed by atoms with van der Waals surface area (Å²) in [5, 5.41) is 5.61. The second-order valence-electron chi connectivity index (χ2n) is 4.17. The Hall–Kier alpha value is -1.67. The summed E-state index contributed by atoms with van der Waals surface area (Å²) >= 11 is 0. The largest absolute Gasteiger partial charge is 0.310 e. The van der Waals surface area contributed by atoms with Gasteiger partial charge in [0.15, 0.2) is 0 Å². The van der Waals surface area contributed by atoms with Gasteiger partial charge in [-0.05, 0) is 23.7 Å². The van der Waals surface area contributed by atoms with Crippen LogP contribution in [-0.4, -0.2) is 18.9 Å². The smallest absolute Gasteiger partial charge is 0.146 e. The molecule has 0 unspecified atom stereocenters. The van der Waals surface area contributed by atoms with Gasteiger partial charge in [-0.1, -0.05) is 48.5 Å². The van der Waals surface area contributed by atoms with Gasteiger partial charge < -0.3 is 5.32 Å². The lowest BCUT2D eigenvalue weighted by molar-refractivity contribution is -0.119. The molecule has 1 saturated heterocycles. The van der Waals surface area contributed by atoms with E-state index in [2.05, 4.69) is 53.8 Å². The molecule has 2 aromatic carbocycles. The molecule has 1 N–H and O–H groups in total. The molecule has 1 aliphatic rings. The van der Waals surface area contributed by atoms with Crippen molar-refractivity contribution in [3.05, 3.63) is 48.5 Å². The van der Waals surface area contributed by atoms with E-state index in [0.717, 1.165) is 19.4 Å². The monoisotopic (exact) mass is 227 g/mol.